The fraction of sp³-hybridized carbons (Fsp3) is 0.357. The molecule has 2 rings (SSSR count). The number of anilines is 1. The summed E-state index contributed by atoms with van der Waals surface area (Å²) in [4.78, 5) is 11.8. The summed E-state index contributed by atoms with van der Waals surface area (Å²) in [6.45, 7) is 5.19. The van der Waals surface area contributed by atoms with Gasteiger partial charge in [-0.3, -0.25) is 4.72 Å². The van der Waals surface area contributed by atoms with Crippen LogP contribution in [0.15, 0.2) is 22.6 Å². The van der Waals surface area contributed by atoms with Crippen molar-refractivity contribution in [2.75, 3.05) is 17.1 Å². The van der Waals surface area contributed by atoms with E-state index in [4.69, 9.17) is 9.15 Å². The van der Waals surface area contributed by atoms with Gasteiger partial charge in [0, 0.05) is 10.9 Å². The van der Waals surface area contributed by atoms with E-state index in [2.05, 4.69) is 4.72 Å². The van der Waals surface area contributed by atoms with Gasteiger partial charge in [-0.15, -0.1) is 0 Å². The first-order chi connectivity index (χ1) is 9.89. The van der Waals surface area contributed by atoms with Crippen LogP contribution in [0.1, 0.15) is 30.0 Å². The second-order valence-corrected chi connectivity index (χ2v) is 6.47. The molecule has 0 spiro atoms. The largest absolute Gasteiger partial charge is 0.460 e. The van der Waals surface area contributed by atoms with Gasteiger partial charge in [-0.1, -0.05) is 6.07 Å². The molecule has 0 saturated carbocycles. The quantitative estimate of drug-likeness (QED) is 0.858. The summed E-state index contributed by atoms with van der Waals surface area (Å²) in [5, 5.41) is 0.567. The molecule has 0 amide bonds. The van der Waals surface area contributed by atoms with Crippen molar-refractivity contribution in [3.8, 4) is 0 Å². The lowest BCUT2D eigenvalue weighted by molar-refractivity contribution is 0.0491. The molecule has 0 fully saturated rings. The zero-order valence-electron chi connectivity index (χ0n) is 12.1. The number of rotatable bonds is 5. The molecule has 0 aliphatic heterocycles. The van der Waals surface area contributed by atoms with E-state index in [1.807, 2.05) is 0 Å². The van der Waals surface area contributed by atoms with Crippen LogP contribution in [-0.2, 0) is 14.8 Å². The van der Waals surface area contributed by atoms with Crippen molar-refractivity contribution in [3.05, 3.63) is 29.5 Å². The maximum Gasteiger partial charge on any atom is 0.374 e. The van der Waals surface area contributed by atoms with E-state index in [1.165, 1.54) is 0 Å². The lowest BCUT2D eigenvalue weighted by Crippen LogP contribution is -2.14. The van der Waals surface area contributed by atoms with Crippen LogP contribution in [0, 0.1) is 6.92 Å². The molecule has 0 saturated heterocycles. The predicted octanol–water partition coefficient (Wildman–Crippen LogP) is 2.68. The Morgan fingerprint density at radius 2 is 2.05 bits per heavy atom. The maximum atomic E-state index is 11.8. The first kappa shape index (κ1) is 15.4. The molecule has 0 aliphatic rings. The highest BCUT2D eigenvalue weighted by atomic mass is 32.2. The van der Waals surface area contributed by atoms with E-state index in [-0.39, 0.29) is 18.1 Å². The van der Waals surface area contributed by atoms with Crippen molar-refractivity contribution < 1.29 is 22.4 Å². The van der Waals surface area contributed by atoms with Gasteiger partial charge in [0.2, 0.25) is 15.8 Å². The number of hydrogen-bond donors (Lipinski definition) is 1. The average molecular weight is 311 g/mol. The number of aryl methyl sites for hydroxylation is 1. The molecule has 1 aromatic heterocycles. The Balaban J connectivity index is 2.57. The fourth-order valence-electron chi connectivity index (χ4n) is 2.02. The van der Waals surface area contributed by atoms with Gasteiger partial charge < -0.3 is 9.15 Å². The van der Waals surface area contributed by atoms with E-state index in [9.17, 15) is 13.2 Å². The smallest absolute Gasteiger partial charge is 0.374 e. The summed E-state index contributed by atoms with van der Waals surface area (Å²) in [5.74, 6) is -0.504. The molecular formula is C14H17NO5S. The highest BCUT2D eigenvalue weighted by Gasteiger charge is 2.21. The Morgan fingerprint density at radius 1 is 1.33 bits per heavy atom. The van der Waals surface area contributed by atoms with Gasteiger partial charge in [0.25, 0.3) is 0 Å². The van der Waals surface area contributed by atoms with E-state index >= 15 is 0 Å². The first-order valence-electron chi connectivity index (χ1n) is 6.59. The number of ether oxygens (including phenoxy) is 1. The fourth-order valence-corrected chi connectivity index (χ4v) is 2.67. The van der Waals surface area contributed by atoms with Crippen molar-refractivity contribution in [1.82, 2.24) is 0 Å². The first-order valence-corrected chi connectivity index (χ1v) is 8.24. The standard InChI is InChI=1S/C14H17NO5S/c1-4-19-14(16)13-9(3)12-10(15-21(17,18)5-2)7-6-8-11(12)20-13/h6-8,15H,4-5H2,1-3H3. The van der Waals surface area contributed by atoms with Gasteiger partial charge in [-0.05, 0) is 32.9 Å². The average Bonchev–Trinajstić information content (AvgIpc) is 2.77. The zero-order valence-corrected chi connectivity index (χ0v) is 12.9. The van der Waals surface area contributed by atoms with E-state index < -0.39 is 16.0 Å². The number of esters is 1. The van der Waals surface area contributed by atoms with E-state index in [0.717, 1.165) is 0 Å². The molecular weight excluding hydrogens is 294 g/mol. The lowest BCUT2D eigenvalue weighted by Gasteiger charge is -2.07. The summed E-state index contributed by atoms with van der Waals surface area (Å²) < 4.78 is 36.4. The van der Waals surface area contributed by atoms with Crippen molar-refractivity contribution in [2.45, 2.75) is 20.8 Å². The van der Waals surface area contributed by atoms with Gasteiger partial charge in [0.1, 0.15) is 5.58 Å². The van der Waals surface area contributed by atoms with Crippen LogP contribution in [0.3, 0.4) is 0 Å². The van der Waals surface area contributed by atoms with Crippen LogP contribution in [0.25, 0.3) is 11.0 Å². The van der Waals surface area contributed by atoms with Gasteiger partial charge >= 0.3 is 5.97 Å². The Bertz CT molecular complexity index is 776. The van der Waals surface area contributed by atoms with E-state index in [1.54, 1.807) is 39.0 Å². The molecule has 6 nitrogen and oxygen atoms in total. The topological polar surface area (TPSA) is 85.6 Å². The van der Waals surface area contributed by atoms with Gasteiger partial charge in [0.15, 0.2) is 0 Å². The number of carbonyl (C=O) groups is 1. The predicted molar refractivity (Wildman–Crippen MR) is 80.0 cm³/mol. The molecule has 114 valence electrons. The van der Waals surface area contributed by atoms with Crippen LogP contribution in [0.5, 0.6) is 0 Å². The van der Waals surface area contributed by atoms with Gasteiger partial charge in [-0.25, -0.2) is 13.2 Å². The van der Waals surface area contributed by atoms with Crippen LogP contribution < -0.4 is 4.72 Å². The summed E-state index contributed by atoms with van der Waals surface area (Å²) in [6, 6.07) is 4.97. The number of benzene rings is 1. The number of fused-ring (bicyclic) bond motifs is 1. The monoisotopic (exact) mass is 311 g/mol. The molecule has 1 N–H and O–H groups in total. The number of sulfonamides is 1. The Morgan fingerprint density at radius 3 is 2.67 bits per heavy atom. The zero-order chi connectivity index (χ0) is 15.6. The number of carbonyl (C=O) groups excluding carboxylic acids is 1. The highest BCUT2D eigenvalue weighted by molar-refractivity contribution is 7.92. The minimum absolute atomic E-state index is 0.0367. The molecule has 2 aromatic rings. The minimum atomic E-state index is -3.41. The van der Waals surface area contributed by atoms with Crippen LogP contribution in [0.4, 0.5) is 5.69 Å². The summed E-state index contributed by atoms with van der Waals surface area (Å²) in [7, 11) is -3.41. The molecule has 0 bridgehead atoms. The minimum Gasteiger partial charge on any atom is -0.460 e. The van der Waals surface area contributed by atoms with Gasteiger partial charge in [0.05, 0.1) is 18.0 Å². The third-order valence-electron chi connectivity index (χ3n) is 3.06. The Hall–Kier alpha value is -2.02. The second kappa shape index (κ2) is 5.77. The summed E-state index contributed by atoms with van der Waals surface area (Å²) in [5.41, 5.74) is 1.39. The third-order valence-corrected chi connectivity index (χ3v) is 4.35. The lowest BCUT2D eigenvalue weighted by atomic mass is 10.1. The Kier molecular flexibility index (Phi) is 4.22. The Labute approximate surface area is 123 Å². The molecule has 0 unspecified atom stereocenters. The van der Waals surface area contributed by atoms with Crippen molar-refractivity contribution in [3.63, 3.8) is 0 Å². The van der Waals surface area contributed by atoms with Crippen molar-refractivity contribution in [2.24, 2.45) is 0 Å². The van der Waals surface area contributed by atoms with Crippen LogP contribution in [-0.4, -0.2) is 26.7 Å². The van der Waals surface area contributed by atoms with Crippen LogP contribution >= 0.6 is 0 Å². The number of nitrogens with one attached hydrogen (secondary N) is 1. The second-order valence-electron chi connectivity index (χ2n) is 4.46. The van der Waals surface area contributed by atoms with Crippen molar-refractivity contribution >= 4 is 32.6 Å². The van der Waals surface area contributed by atoms with E-state index in [0.29, 0.717) is 22.2 Å². The van der Waals surface area contributed by atoms with Crippen LogP contribution in [0.2, 0.25) is 0 Å². The molecule has 7 heteroatoms. The van der Waals surface area contributed by atoms with Crippen molar-refractivity contribution in [1.29, 1.82) is 0 Å². The molecule has 0 aliphatic carbocycles. The molecule has 1 aromatic carbocycles. The highest BCUT2D eigenvalue weighted by Crippen LogP contribution is 2.32. The van der Waals surface area contributed by atoms with Gasteiger partial charge in [-0.2, -0.15) is 0 Å². The maximum absolute atomic E-state index is 11.8. The number of hydrogen-bond acceptors (Lipinski definition) is 5. The molecule has 0 atom stereocenters. The molecule has 0 radical (unpaired) electrons. The third kappa shape index (κ3) is 3.02. The normalized spacial score (nSPS) is 11.6. The SMILES string of the molecule is CCOC(=O)c1oc2cccc(NS(=O)(=O)CC)c2c1C. The molecule has 1 heterocycles. The molecule has 21 heavy (non-hydrogen) atoms. The summed E-state index contributed by atoms with van der Waals surface area (Å²) in [6.07, 6.45) is 0. The number of furan rings is 1. The summed E-state index contributed by atoms with van der Waals surface area (Å²) >= 11 is 0.